The van der Waals surface area contributed by atoms with Crippen LogP contribution in [0.4, 0.5) is 5.82 Å². The first-order valence-corrected chi connectivity index (χ1v) is 11.5. The van der Waals surface area contributed by atoms with E-state index in [1.807, 2.05) is 51.1 Å². The number of hydrogen-bond acceptors (Lipinski definition) is 8. The summed E-state index contributed by atoms with van der Waals surface area (Å²) in [7, 11) is 4.91. The van der Waals surface area contributed by atoms with E-state index in [1.54, 1.807) is 36.7 Å². The summed E-state index contributed by atoms with van der Waals surface area (Å²) in [5.41, 5.74) is 4.93. The lowest BCUT2D eigenvalue weighted by atomic mass is 10.1. The maximum absolute atomic E-state index is 12.8. The third-order valence-corrected chi connectivity index (χ3v) is 6.03. The SMILES string of the molecule is COc1ccc(OC)c(-c2cc(C(=O)NCCNc3ccc(-n4nc(C)c(C)c4C)nn3)n(C)n2)c1. The van der Waals surface area contributed by atoms with Crippen molar-refractivity contribution in [3.63, 3.8) is 0 Å². The van der Waals surface area contributed by atoms with Crippen molar-refractivity contribution in [1.29, 1.82) is 0 Å². The monoisotopic (exact) mass is 490 g/mol. The number of amides is 1. The molecule has 188 valence electrons. The first kappa shape index (κ1) is 24.7. The highest BCUT2D eigenvalue weighted by Crippen LogP contribution is 2.32. The Balaban J connectivity index is 1.35. The number of nitrogens with one attached hydrogen (secondary N) is 2. The molecule has 2 N–H and O–H groups in total. The van der Waals surface area contributed by atoms with Crippen LogP contribution in [0.3, 0.4) is 0 Å². The van der Waals surface area contributed by atoms with Crippen molar-refractivity contribution >= 4 is 11.7 Å². The minimum Gasteiger partial charge on any atom is -0.497 e. The van der Waals surface area contributed by atoms with Gasteiger partial charge < -0.3 is 20.1 Å². The number of benzene rings is 1. The Kier molecular flexibility index (Phi) is 7.18. The maximum Gasteiger partial charge on any atom is 0.269 e. The maximum atomic E-state index is 12.8. The highest BCUT2D eigenvalue weighted by molar-refractivity contribution is 5.94. The Bertz CT molecular complexity index is 1370. The number of rotatable bonds is 9. The van der Waals surface area contributed by atoms with Gasteiger partial charge in [0.15, 0.2) is 5.82 Å². The van der Waals surface area contributed by atoms with Crippen LogP contribution in [0.1, 0.15) is 27.4 Å². The third-order valence-electron chi connectivity index (χ3n) is 6.03. The van der Waals surface area contributed by atoms with Crippen molar-refractivity contribution in [2.24, 2.45) is 7.05 Å². The van der Waals surface area contributed by atoms with Crippen LogP contribution >= 0.6 is 0 Å². The number of carbonyl (C=O) groups excluding carboxylic acids is 1. The second kappa shape index (κ2) is 10.5. The number of hydrogen-bond donors (Lipinski definition) is 2. The molecule has 0 bridgehead atoms. The van der Waals surface area contributed by atoms with E-state index in [9.17, 15) is 4.79 Å². The summed E-state index contributed by atoms with van der Waals surface area (Å²) in [4.78, 5) is 12.8. The molecule has 0 saturated heterocycles. The van der Waals surface area contributed by atoms with Gasteiger partial charge in [-0.1, -0.05) is 0 Å². The summed E-state index contributed by atoms with van der Waals surface area (Å²) >= 11 is 0. The van der Waals surface area contributed by atoms with Crippen LogP contribution < -0.4 is 20.1 Å². The summed E-state index contributed by atoms with van der Waals surface area (Å²) in [6.45, 7) is 6.88. The van der Waals surface area contributed by atoms with Gasteiger partial charge in [-0.25, -0.2) is 4.68 Å². The molecule has 0 spiro atoms. The summed E-state index contributed by atoms with van der Waals surface area (Å²) in [5, 5.41) is 23.5. The van der Waals surface area contributed by atoms with Gasteiger partial charge in [0.05, 0.1) is 25.6 Å². The standard InChI is InChI=1S/C25H30N8O3/c1-15-16(2)30-33(17(15)3)24-10-9-23(28-29-24)26-11-12-27-25(34)21-14-20(31-32(21)4)19-13-18(35-5)7-8-22(19)36-6/h7-10,13-14H,11-12H2,1-6H3,(H,26,28)(H,27,34). The molecule has 0 atom stereocenters. The number of ether oxygens (including phenoxy) is 2. The minimum absolute atomic E-state index is 0.235. The fourth-order valence-electron chi connectivity index (χ4n) is 3.76. The van der Waals surface area contributed by atoms with Gasteiger partial charge in [-0.15, -0.1) is 10.2 Å². The second-order valence-corrected chi connectivity index (χ2v) is 8.27. The zero-order valence-electron chi connectivity index (χ0n) is 21.3. The molecule has 11 nitrogen and oxygen atoms in total. The Morgan fingerprint density at radius 3 is 2.42 bits per heavy atom. The van der Waals surface area contributed by atoms with Crippen molar-refractivity contribution < 1.29 is 14.3 Å². The average Bonchev–Trinajstić information content (AvgIpc) is 3.41. The van der Waals surface area contributed by atoms with Crippen molar-refractivity contribution in [2.75, 3.05) is 32.6 Å². The molecule has 3 aromatic heterocycles. The van der Waals surface area contributed by atoms with Crippen LogP contribution in [-0.4, -0.2) is 63.0 Å². The van der Waals surface area contributed by atoms with E-state index < -0.39 is 0 Å². The molecule has 0 radical (unpaired) electrons. The molecular formula is C25H30N8O3. The van der Waals surface area contributed by atoms with Gasteiger partial charge in [0.2, 0.25) is 0 Å². The van der Waals surface area contributed by atoms with Crippen molar-refractivity contribution in [2.45, 2.75) is 20.8 Å². The molecule has 1 amide bonds. The molecule has 0 saturated carbocycles. The summed E-state index contributed by atoms with van der Waals surface area (Å²) in [6, 6.07) is 10.9. The molecule has 1 aromatic carbocycles. The Labute approximate surface area is 209 Å². The summed E-state index contributed by atoms with van der Waals surface area (Å²) in [6.07, 6.45) is 0. The lowest BCUT2D eigenvalue weighted by Crippen LogP contribution is -2.30. The van der Waals surface area contributed by atoms with Gasteiger partial charge in [0.25, 0.3) is 5.91 Å². The van der Waals surface area contributed by atoms with Crippen LogP contribution in [0.15, 0.2) is 36.4 Å². The topological polar surface area (TPSA) is 121 Å². The first-order valence-electron chi connectivity index (χ1n) is 11.5. The zero-order valence-corrected chi connectivity index (χ0v) is 21.3. The Morgan fingerprint density at radius 1 is 0.972 bits per heavy atom. The highest BCUT2D eigenvalue weighted by atomic mass is 16.5. The molecule has 0 unspecified atom stereocenters. The molecule has 0 aliphatic carbocycles. The lowest BCUT2D eigenvalue weighted by Gasteiger charge is -2.08. The predicted octanol–water partition coefficient (Wildman–Crippen LogP) is 2.85. The van der Waals surface area contributed by atoms with Crippen LogP contribution in [0, 0.1) is 20.8 Å². The van der Waals surface area contributed by atoms with Crippen molar-refractivity contribution in [1.82, 2.24) is 35.1 Å². The summed E-state index contributed by atoms with van der Waals surface area (Å²) in [5.74, 6) is 2.35. The van der Waals surface area contributed by atoms with E-state index in [0.717, 1.165) is 22.5 Å². The van der Waals surface area contributed by atoms with Crippen LogP contribution in [0.2, 0.25) is 0 Å². The fraction of sp³-hybridized carbons (Fsp3) is 0.320. The first-order chi connectivity index (χ1) is 17.3. The minimum atomic E-state index is -0.235. The summed E-state index contributed by atoms with van der Waals surface area (Å²) < 4.78 is 14.1. The van der Waals surface area contributed by atoms with Crippen molar-refractivity contribution in [3.8, 4) is 28.6 Å². The number of anilines is 1. The molecule has 4 aromatic rings. The number of aromatic nitrogens is 6. The quantitative estimate of drug-likeness (QED) is 0.344. The van der Waals surface area contributed by atoms with Gasteiger partial charge in [0, 0.05) is 31.4 Å². The molecule has 11 heteroatoms. The van der Waals surface area contributed by atoms with Gasteiger partial charge in [-0.05, 0) is 62.7 Å². The highest BCUT2D eigenvalue weighted by Gasteiger charge is 2.17. The number of methoxy groups -OCH3 is 2. The van der Waals surface area contributed by atoms with E-state index in [4.69, 9.17) is 9.47 Å². The lowest BCUT2D eigenvalue weighted by molar-refractivity contribution is 0.0945. The Morgan fingerprint density at radius 2 is 1.78 bits per heavy atom. The van der Waals surface area contributed by atoms with Crippen molar-refractivity contribution in [3.05, 3.63) is 59.0 Å². The van der Waals surface area contributed by atoms with Gasteiger partial charge >= 0.3 is 0 Å². The van der Waals surface area contributed by atoms with Crippen LogP contribution in [-0.2, 0) is 7.05 Å². The largest absolute Gasteiger partial charge is 0.497 e. The van der Waals surface area contributed by atoms with E-state index in [2.05, 4.69) is 31.0 Å². The second-order valence-electron chi connectivity index (χ2n) is 8.27. The molecular weight excluding hydrogens is 460 g/mol. The van der Waals surface area contributed by atoms with Gasteiger partial charge in [-0.2, -0.15) is 10.2 Å². The normalized spacial score (nSPS) is 10.8. The van der Waals surface area contributed by atoms with Gasteiger partial charge in [-0.3, -0.25) is 9.48 Å². The molecule has 36 heavy (non-hydrogen) atoms. The van der Waals surface area contributed by atoms with E-state index in [0.29, 0.717) is 47.6 Å². The molecule has 3 heterocycles. The Hall–Kier alpha value is -4.41. The number of nitrogens with zero attached hydrogens (tertiary/aromatic N) is 6. The van der Waals surface area contributed by atoms with E-state index in [-0.39, 0.29) is 5.91 Å². The predicted molar refractivity (Wildman–Crippen MR) is 136 cm³/mol. The molecule has 4 rings (SSSR count). The van der Waals surface area contributed by atoms with Gasteiger partial charge in [0.1, 0.15) is 23.0 Å². The molecule has 0 fully saturated rings. The van der Waals surface area contributed by atoms with E-state index >= 15 is 0 Å². The fourth-order valence-corrected chi connectivity index (χ4v) is 3.76. The average molecular weight is 491 g/mol. The number of aryl methyl sites for hydroxylation is 2. The smallest absolute Gasteiger partial charge is 0.269 e. The van der Waals surface area contributed by atoms with Crippen LogP contribution in [0.25, 0.3) is 17.1 Å². The number of carbonyl (C=O) groups is 1. The molecule has 0 aliphatic heterocycles. The van der Waals surface area contributed by atoms with Crippen LogP contribution in [0.5, 0.6) is 11.5 Å². The third kappa shape index (κ3) is 4.99. The van der Waals surface area contributed by atoms with E-state index in [1.165, 1.54) is 0 Å². The molecule has 0 aliphatic rings. The zero-order chi connectivity index (χ0) is 25.8.